The van der Waals surface area contributed by atoms with Crippen LogP contribution in [0.4, 0.5) is 4.39 Å². The number of imidazole rings is 1. The van der Waals surface area contributed by atoms with Crippen molar-refractivity contribution in [2.24, 2.45) is 0 Å². The van der Waals surface area contributed by atoms with Crippen LogP contribution in [0.3, 0.4) is 0 Å². The number of aryl methyl sites for hydroxylation is 1. The summed E-state index contributed by atoms with van der Waals surface area (Å²) in [5.41, 5.74) is 3.36. The quantitative estimate of drug-likeness (QED) is 0.556. The van der Waals surface area contributed by atoms with Gasteiger partial charge in [-0.15, -0.1) is 0 Å². The molecule has 0 spiro atoms. The highest BCUT2D eigenvalue weighted by molar-refractivity contribution is 9.10. The molecule has 0 aliphatic rings. The first kappa shape index (κ1) is 13.8. The smallest absolute Gasteiger partial charge is 0.182 e. The topological polar surface area (TPSA) is 20.7 Å². The molecule has 0 radical (unpaired) electrons. The van der Waals surface area contributed by atoms with Crippen molar-refractivity contribution in [2.45, 2.75) is 6.92 Å². The molecule has 0 fully saturated rings. The standard InChI is InChI=1S/C14H9BrClFN2S/c1-7-2-8(15)4-9(3-7)19-13-5-10(16)11(17)6-12(13)18-14(19)20/h2-6H,1H3,(H,18,20). The van der Waals surface area contributed by atoms with Crippen molar-refractivity contribution in [3.05, 3.63) is 56.0 Å². The normalized spacial score (nSPS) is 11.2. The first-order valence-corrected chi connectivity index (χ1v) is 7.41. The van der Waals surface area contributed by atoms with Crippen LogP contribution >= 0.6 is 39.7 Å². The Bertz CT molecular complexity index is 864. The van der Waals surface area contributed by atoms with Gasteiger partial charge >= 0.3 is 0 Å². The van der Waals surface area contributed by atoms with E-state index in [1.807, 2.05) is 29.7 Å². The van der Waals surface area contributed by atoms with E-state index in [2.05, 4.69) is 20.9 Å². The van der Waals surface area contributed by atoms with Crippen LogP contribution in [0.1, 0.15) is 5.56 Å². The molecular weight excluding hydrogens is 363 g/mol. The van der Waals surface area contributed by atoms with Gasteiger partial charge in [-0.05, 0) is 49.0 Å². The number of hydrogen-bond donors (Lipinski definition) is 1. The highest BCUT2D eigenvalue weighted by Gasteiger charge is 2.11. The van der Waals surface area contributed by atoms with E-state index < -0.39 is 5.82 Å². The molecular formula is C14H9BrClFN2S. The van der Waals surface area contributed by atoms with Gasteiger partial charge in [-0.3, -0.25) is 4.57 Å². The molecule has 3 rings (SSSR count). The maximum Gasteiger partial charge on any atom is 0.182 e. The molecule has 0 aliphatic carbocycles. The average molecular weight is 372 g/mol. The number of nitrogens with one attached hydrogen (secondary N) is 1. The number of aromatic amines is 1. The molecule has 1 heterocycles. The fraction of sp³-hybridized carbons (Fsp3) is 0.0714. The fourth-order valence-electron chi connectivity index (χ4n) is 2.20. The fourth-order valence-corrected chi connectivity index (χ4v) is 3.27. The number of benzene rings is 2. The summed E-state index contributed by atoms with van der Waals surface area (Å²) < 4.78 is 16.8. The van der Waals surface area contributed by atoms with Gasteiger partial charge < -0.3 is 4.98 Å². The van der Waals surface area contributed by atoms with E-state index in [1.165, 1.54) is 6.07 Å². The van der Waals surface area contributed by atoms with Crippen molar-refractivity contribution in [1.82, 2.24) is 9.55 Å². The van der Waals surface area contributed by atoms with Crippen LogP contribution in [-0.4, -0.2) is 9.55 Å². The van der Waals surface area contributed by atoms with Gasteiger partial charge in [0.05, 0.1) is 16.1 Å². The number of rotatable bonds is 1. The van der Waals surface area contributed by atoms with E-state index in [1.54, 1.807) is 6.07 Å². The zero-order chi connectivity index (χ0) is 14.4. The summed E-state index contributed by atoms with van der Waals surface area (Å²) in [5.74, 6) is -0.465. The van der Waals surface area contributed by atoms with Gasteiger partial charge in [-0.2, -0.15) is 0 Å². The molecule has 0 amide bonds. The predicted octanol–water partition coefficient (Wildman–Crippen LogP) is 5.55. The minimum absolute atomic E-state index is 0.0759. The van der Waals surface area contributed by atoms with Crippen LogP contribution in [0, 0.1) is 17.5 Å². The Morgan fingerprint density at radius 1 is 1.25 bits per heavy atom. The minimum Gasteiger partial charge on any atom is -0.330 e. The highest BCUT2D eigenvalue weighted by Crippen LogP contribution is 2.27. The van der Waals surface area contributed by atoms with Crippen molar-refractivity contribution in [2.75, 3.05) is 0 Å². The molecule has 0 unspecified atom stereocenters. The Labute approximate surface area is 133 Å². The van der Waals surface area contributed by atoms with Crippen molar-refractivity contribution in [3.8, 4) is 5.69 Å². The lowest BCUT2D eigenvalue weighted by molar-refractivity contribution is 0.630. The molecule has 0 saturated carbocycles. The second-order valence-electron chi connectivity index (χ2n) is 4.54. The molecule has 0 saturated heterocycles. The second kappa shape index (κ2) is 4.98. The molecule has 3 aromatic rings. The lowest BCUT2D eigenvalue weighted by Crippen LogP contribution is -1.95. The number of halogens is 3. The summed E-state index contributed by atoms with van der Waals surface area (Å²) in [5, 5.41) is 0.0759. The van der Waals surface area contributed by atoms with Gasteiger partial charge in [0.1, 0.15) is 5.82 Å². The number of aromatic nitrogens is 2. The van der Waals surface area contributed by atoms with E-state index in [4.69, 9.17) is 23.8 Å². The van der Waals surface area contributed by atoms with Crippen molar-refractivity contribution in [3.63, 3.8) is 0 Å². The van der Waals surface area contributed by atoms with Gasteiger partial charge in [0.2, 0.25) is 0 Å². The van der Waals surface area contributed by atoms with Crippen LogP contribution in [0.25, 0.3) is 16.7 Å². The largest absolute Gasteiger partial charge is 0.330 e. The summed E-state index contributed by atoms with van der Waals surface area (Å²) in [4.78, 5) is 3.00. The Morgan fingerprint density at radius 2 is 2.00 bits per heavy atom. The van der Waals surface area contributed by atoms with Gasteiger partial charge in [0, 0.05) is 16.2 Å². The second-order valence-corrected chi connectivity index (χ2v) is 6.25. The summed E-state index contributed by atoms with van der Waals surface area (Å²) in [6, 6.07) is 8.90. The molecule has 6 heteroatoms. The van der Waals surface area contributed by atoms with E-state index in [9.17, 15) is 4.39 Å². The number of fused-ring (bicyclic) bond motifs is 1. The van der Waals surface area contributed by atoms with Gasteiger partial charge in [0.15, 0.2) is 4.77 Å². The number of H-pyrrole nitrogens is 1. The molecule has 1 N–H and O–H groups in total. The van der Waals surface area contributed by atoms with Gasteiger partial charge in [-0.1, -0.05) is 27.5 Å². The van der Waals surface area contributed by atoms with Crippen LogP contribution in [0.15, 0.2) is 34.8 Å². The maximum atomic E-state index is 13.5. The molecule has 2 aromatic carbocycles. The monoisotopic (exact) mass is 370 g/mol. The first-order chi connectivity index (χ1) is 9.45. The van der Waals surface area contributed by atoms with Crippen LogP contribution in [-0.2, 0) is 0 Å². The molecule has 102 valence electrons. The Morgan fingerprint density at radius 3 is 2.70 bits per heavy atom. The zero-order valence-corrected chi connectivity index (χ0v) is 13.5. The summed E-state index contributed by atoms with van der Waals surface area (Å²) in [7, 11) is 0. The lowest BCUT2D eigenvalue weighted by atomic mass is 10.2. The Kier molecular flexibility index (Phi) is 3.44. The molecule has 0 atom stereocenters. The highest BCUT2D eigenvalue weighted by atomic mass is 79.9. The van der Waals surface area contributed by atoms with Gasteiger partial charge in [-0.25, -0.2) is 4.39 Å². The minimum atomic E-state index is -0.465. The number of nitrogens with zero attached hydrogens (tertiary/aromatic N) is 1. The summed E-state index contributed by atoms with van der Waals surface area (Å²) in [6.45, 7) is 2.00. The average Bonchev–Trinajstić information content (AvgIpc) is 2.64. The summed E-state index contributed by atoms with van der Waals surface area (Å²) >= 11 is 14.7. The molecule has 0 aliphatic heterocycles. The van der Waals surface area contributed by atoms with Gasteiger partial charge in [0.25, 0.3) is 0 Å². The summed E-state index contributed by atoms with van der Waals surface area (Å²) in [6.07, 6.45) is 0. The maximum absolute atomic E-state index is 13.5. The SMILES string of the molecule is Cc1cc(Br)cc(-n2c(=S)[nH]c3cc(F)c(Cl)cc32)c1. The predicted molar refractivity (Wildman–Crippen MR) is 85.9 cm³/mol. The van der Waals surface area contributed by atoms with Crippen molar-refractivity contribution in [1.29, 1.82) is 0 Å². The van der Waals surface area contributed by atoms with Crippen LogP contribution < -0.4 is 0 Å². The molecule has 0 bridgehead atoms. The Balaban J connectivity index is 2.38. The zero-order valence-electron chi connectivity index (χ0n) is 10.4. The van der Waals surface area contributed by atoms with E-state index in [0.717, 1.165) is 21.2 Å². The van der Waals surface area contributed by atoms with E-state index in [0.29, 0.717) is 10.3 Å². The van der Waals surface area contributed by atoms with Crippen molar-refractivity contribution < 1.29 is 4.39 Å². The third-order valence-corrected chi connectivity index (χ3v) is 4.04. The van der Waals surface area contributed by atoms with E-state index >= 15 is 0 Å². The van der Waals surface area contributed by atoms with Crippen LogP contribution in [0.5, 0.6) is 0 Å². The molecule has 20 heavy (non-hydrogen) atoms. The third kappa shape index (κ3) is 2.30. The molecule has 2 nitrogen and oxygen atoms in total. The first-order valence-electron chi connectivity index (χ1n) is 5.83. The van der Waals surface area contributed by atoms with E-state index in [-0.39, 0.29) is 5.02 Å². The molecule has 1 aromatic heterocycles. The third-order valence-electron chi connectivity index (χ3n) is 3.01. The van der Waals surface area contributed by atoms with Crippen molar-refractivity contribution >= 4 is 50.8 Å². The van der Waals surface area contributed by atoms with Crippen LogP contribution in [0.2, 0.25) is 5.02 Å². The number of hydrogen-bond acceptors (Lipinski definition) is 1. The Hall–Kier alpha value is -1.17. The lowest BCUT2D eigenvalue weighted by Gasteiger charge is -2.07.